The second-order valence-corrected chi connectivity index (χ2v) is 6.44. The van der Waals surface area contributed by atoms with Crippen LogP contribution in [0, 0.1) is 5.92 Å². The van der Waals surface area contributed by atoms with Gasteiger partial charge in [-0.15, -0.1) is 0 Å². The smallest absolute Gasteiger partial charge is 0.338 e. The summed E-state index contributed by atoms with van der Waals surface area (Å²) in [6.45, 7) is 0.435. The minimum atomic E-state index is -0.393. The number of benzene rings is 1. The first-order valence-electron chi connectivity index (χ1n) is 7.30. The Hall–Kier alpha value is -0.790. The molecule has 0 N–H and O–H groups in total. The fourth-order valence-corrected chi connectivity index (χ4v) is 3.26. The molecule has 1 aromatic rings. The molecule has 0 radical (unpaired) electrons. The van der Waals surface area contributed by atoms with Gasteiger partial charge in [0.2, 0.25) is 0 Å². The van der Waals surface area contributed by atoms with Crippen LogP contribution in [0.4, 0.5) is 0 Å². The molecule has 1 saturated carbocycles. The Morgan fingerprint density at radius 1 is 1.32 bits per heavy atom. The van der Waals surface area contributed by atoms with E-state index < -0.39 is 5.97 Å². The van der Waals surface area contributed by atoms with Crippen LogP contribution in [0.15, 0.2) is 23.1 Å². The Morgan fingerprint density at radius 3 is 2.77 bits per heavy atom. The van der Waals surface area contributed by atoms with Crippen molar-refractivity contribution in [1.82, 2.24) is 0 Å². The molecule has 0 aliphatic heterocycles. The van der Waals surface area contributed by atoms with E-state index in [0.29, 0.717) is 40.0 Å². The van der Waals surface area contributed by atoms with Crippen LogP contribution in [0.5, 0.6) is 0 Å². The average molecular weight is 346 g/mol. The van der Waals surface area contributed by atoms with E-state index in [2.05, 4.69) is 9.37 Å². The van der Waals surface area contributed by atoms with Gasteiger partial charge in [0.1, 0.15) is 0 Å². The zero-order valence-corrected chi connectivity index (χ0v) is 13.7. The van der Waals surface area contributed by atoms with Gasteiger partial charge in [0.15, 0.2) is 0 Å². The molecule has 0 bridgehead atoms. The maximum Gasteiger partial charge on any atom is 0.338 e. The van der Waals surface area contributed by atoms with Crippen LogP contribution >= 0.6 is 23.6 Å². The van der Waals surface area contributed by atoms with Crippen molar-refractivity contribution in [2.75, 3.05) is 6.61 Å². The van der Waals surface area contributed by atoms with Crippen molar-refractivity contribution < 1.29 is 24.2 Å². The molecule has 122 valence electrons. The quantitative estimate of drug-likeness (QED) is 0.325. The van der Waals surface area contributed by atoms with Crippen LogP contribution < -0.4 is 5.26 Å². The van der Waals surface area contributed by atoms with Crippen molar-refractivity contribution >= 4 is 29.6 Å². The Kier molecular flexibility index (Phi) is 7.48. The summed E-state index contributed by atoms with van der Waals surface area (Å²) >= 11 is 6.68. The molecule has 1 aliphatic rings. The van der Waals surface area contributed by atoms with Gasteiger partial charge in [-0.2, -0.15) is 4.33 Å². The third-order valence-corrected chi connectivity index (χ3v) is 4.89. The van der Waals surface area contributed by atoms with Crippen molar-refractivity contribution in [3.63, 3.8) is 0 Å². The molecular formula is C15H18ClO5S-. The molecule has 1 aliphatic carbocycles. The number of hydrogen-bond acceptors (Lipinski definition) is 6. The van der Waals surface area contributed by atoms with Gasteiger partial charge in [0.25, 0.3) is 0 Å². The molecule has 5 nitrogen and oxygen atoms in total. The summed E-state index contributed by atoms with van der Waals surface area (Å²) in [7, 11) is 0. The van der Waals surface area contributed by atoms with E-state index in [1.807, 2.05) is 0 Å². The lowest BCUT2D eigenvalue weighted by molar-refractivity contribution is -0.777. The number of carbonyl (C=O) groups excluding carboxylic acids is 1. The summed E-state index contributed by atoms with van der Waals surface area (Å²) in [5.41, 5.74) is 0.376. The van der Waals surface area contributed by atoms with E-state index in [-0.39, 0.29) is 0 Å². The number of esters is 1. The molecule has 0 atom stereocenters. The fraction of sp³-hybridized carbons (Fsp3) is 0.533. The normalized spacial score (nSPS) is 15.7. The number of carbonyl (C=O) groups is 1. The van der Waals surface area contributed by atoms with Gasteiger partial charge < -0.3 is 9.99 Å². The lowest BCUT2D eigenvalue weighted by Gasteiger charge is -2.21. The standard InChI is InChI=1S/C15H19ClO5S/c16-13-10-12(6-7-14(13)22-21-20-18)15(17)19-9-8-11-4-2-1-3-5-11/h6-7,10-11,18H,1-5,8-9H2/p-1. The van der Waals surface area contributed by atoms with E-state index in [1.165, 1.54) is 38.2 Å². The molecule has 0 saturated heterocycles. The third-order valence-electron chi connectivity index (χ3n) is 3.80. The highest BCUT2D eigenvalue weighted by Crippen LogP contribution is 2.29. The molecule has 1 aromatic carbocycles. The second kappa shape index (κ2) is 9.37. The monoisotopic (exact) mass is 345 g/mol. The summed E-state index contributed by atoms with van der Waals surface area (Å²) in [6.07, 6.45) is 7.27. The lowest BCUT2D eigenvalue weighted by atomic mass is 9.87. The summed E-state index contributed by atoms with van der Waals surface area (Å²) in [4.78, 5) is 12.5. The number of halogens is 1. The van der Waals surface area contributed by atoms with Crippen LogP contribution in [0.2, 0.25) is 5.02 Å². The van der Waals surface area contributed by atoms with Gasteiger partial charge in [-0.05, 0) is 30.5 Å². The summed E-state index contributed by atoms with van der Waals surface area (Å²) in [5.74, 6) is 0.281. The highest BCUT2D eigenvalue weighted by Gasteiger charge is 2.15. The number of ether oxygens (including phenoxy) is 1. The van der Waals surface area contributed by atoms with E-state index in [1.54, 1.807) is 12.1 Å². The Balaban J connectivity index is 1.80. The minimum Gasteiger partial charge on any atom is -0.691 e. The lowest BCUT2D eigenvalue weighted by Crippen LogP contribution is -2.12. The Morgan fingerprint density at radius 2 is 2.09 bits per heavy atom. The van der Waals surface area contributed by atoms with Crippen LogP contribution in [0.3, 0.4) is 0 Å². The predicted molar refractivity (Wildman–Crippen MR) is 81.0 cm³/mol. The first-order valence-corrected chi connectivity index (χ1v) is 8.42. The molecule has 2 rings (SSSR count). The van der Waals surface area contributed by atoms with Crippen LogP contribution in [-0.2, 0) is 14.1 Å². The van der Waals surface area contributed by atoms with Gasteiger partial charge >= 0.3 is 5.97 Å². The van der Waals surface area contributed by atoms with E-state index >= 15 is 0 Å². The summed E-state index contributed by atoms with van der Waals surface area (Å²) in [6, 6.07) is 4.63. The van der Waals surface area contributed by atoms with Gasteiger partial charge in [-0.1, -0.05) is 43.7 Å². The molecule has 0 spiro atoms. The average Bonchev–Trinajstić information content (AvgIpc) is 2.54. The number of hydrogen-bond donors (Lipinski definition) is 0. The van der Waals surface area contributed by atoms with Crippen LogP contribution in [0.25, 0.3) is 0 Å². The van der Waals surface area contributed by atoms with Crippen LogP contribution in [0.1, 0.15) is 48.9 Å². The van der Waals surface area contributed by atoms with Crippen molar-refractivity contribution in [1.29, 1.82) is 0 Å². The van der Waals surface area contributed by atoms with E-state index in [0.717, 1.165) is 6.42 Å². The zero-order chi connectivity index (χ0) is 15.8. The molecule has 1 fully saturated rings. The van der Waals surface area contributed by atoms with Gasteiger partial charge in [0, 0.05) is 0 Å². The highest BCUT2D eigenvalue weighted by molar-refractivity contribution is 7.94. The largest absolute Gasteiger partial charge is 0.691 e. The van der Waals surface area contributed by atoms with Crippen molar-refractivity contribution in [3.8, 4) is 0 Å². The van der Waals surface area contributed by atoms with Crippen LogP contribution in [-0.4, -0.2) is 12.6 Å². The fourth-order valence-electron chi connectivity index (χ4n) is 2.62. The maximum atomic E-state index is 12.0. The predicted octanol–water partition coefficient (Wildman–Crippen LogP) is 3.70. The first kappa shape index (κ1) is 17.6. The first-order chi connectivity index (χ1) is 10.7. The molecule has 0 heterocycles. The van der Waals surface area contributed by atoms with Crippen molar-refractivity contribution in [3.05, 3.63) is 28.8 Å². The Labute approximate surface area is 139 Å². The summed E-state index contributed by atoms with van der Waals surface area (Å²) < 4.78 is 9.49. The molecule has 7 heteroatoms. The molecule has 22 heavy (non-hydrogen) atoms. The minimum absolute atomic E-state index is 0.295. The number of rotatable bonds is 7. The molecular weight excluding hydrogens is 328 g/mol. The Bertz CT molecular complexity index is 491. The molecule has 0 aromatic heterocycles. The summed E-state index contributed by atoms with van der Waals surface area (Å²) in [5, 5.41) is 13.3. The van der Waals surface area contributed by atoms with E-state index in [4.69, 9.17) is 16.3 Å². The molecule has 0 amide bonds. The topological polar surface area (TPSA) is 67.8 Å². The third kappa shape index (κ3) is 5.44. The SMILES string of the molecule is O=C(OCCC1CCCCC1)c1ccc(SOO[O-])c(Cl)c1. The highest BCUT2D eigenvalue weighted by atomic mass is 35.5. The van der Waals surface area contributed by atoms with Gasteiger partial charge in [0.05, 0.1) is 34.1 Å². The van der Waals surface area contributed by atoms with Gasteiger partial charge in [-0.25, -0.2) is 4.79 Å². The second-order valence-electron chi connectivity index (χ2n) is 5.29. The van der Waals surface area contributed by atoms with Gasteiger partial charge in [-0.3, -0.25) is 5.04 Å². The van der Waals surface area contributed by atoms with Crippen molar-refractivity contribution in [2.24, 2.45) is 5.92 Å². The van der Waals surface area contributed by atoms with Crippen molar-refractivity contribution in [2.45, 2.75) is 43.4 Å². The van der Waals surface area contributed by atoms with E-state index in [9.17, 15) is 10.1 Å². The maximum absolute atomic E-state index is 12.0. The molecule has 0 unspecified atom stereocenters. The zero-order valence-electron chi connectivity index (χ0n) is 12.1.